The van der Waals surface area contributed by atoms with Crippen molar-refractivity contribution in [3.8, 4) is 0 Å². The number of allylic oxidation sites excluding steroid dienone is 2. The molecule has 0 aliphatic carbocycles. The van der Waals surface area contributed by atoms with Gasteiger partial charge in [-0.1, -0.05) is 35.9 Å². The van der Waals surface area contributed by atoms with Crippen LogP contribution in [0.15, 0.2) is 40.8 Å². The van der Waals surface area contributed by atoms with Crippen LogP contribution in [0.4, 0.5) is 0 Å². The van der Waals surface area contributed by atoms with Crippen LogP contribution in [0.5, 0.6) is 0 Å². The summed E-state index contributed by atoms with van der Waals surface area (Å²) in [5, 5.41) is 0. The minimum atomic E-state index is -2.95. The van der Waals surface area contributed by atoms with Gasteiger partial charge in [0.05, 0.1) is 5.75 Å². The van der Waals surface area contributed by atoms with E-state index in [4.69, 9.17) is 0 Å². The van der Waals surface area contributed by atoms with Crippen molar-refractivity contribution in [1.29, 1.82) is 0 Å². The molecular weight excluding hydrogens is 208 g/mol. The van der Waals surface area contributed by atoms with Gasteiger partial charge in [0.15, 0.2) is 9.84 Å². The molecule has 0 atom stereocenters. The van der Waals surface area contributed by atoms with Crippen molar-refractivity contribution >= 4 is 9.84 Å². The van der Waals surface area contributed by atoms with Crippen molar-refractivity contribution < 1.29 is 8.42 Å². The zero-order valence-corrected chi connectivity index (χ0v) is 9.55. The highest BCUT2D eigenvalue weighted by Crippen LogP contribution is 2.28. The standard InChI is InChI=1S/C12H14O2S/c1-10-7-8-15(13,14)12(10)9-11-5-3-2-4-6-11/h2-6H,7-9H2,1H3. The minimum absolute atomic E-state index is 0.293. The van der Waals surface area contributed by atoms with Gasteiger partial charge < -0.3 is 0 Å². The van der Waals surface area contributed by atoms with Gasteiger partial charge in [-0.3, -0.25) is 0 Å². The van der Waals surface area contributed by atoms with Crippen LogP contribution in [0, 0.1) is 0 Å². The van der Waals surface area contributed by atoms with Crippen molar-refractivity contribution in [1.82, 2.24) is 0 Å². The number of sulfone groups is 1. The minimum Gasteiger partial charge on any atom is -0.224 e. The van der Waals surface area contributed by atoms with Gasteiger partial charge in [-0.05, 0) is 18.9 Å². The van der Waals surface area contributed by atoms with Crippen molar-refractivity contribution in [2.45, 2.75) is 19.8 Å². The SMILES string of the molecule is CC1=C(Cc2ccccc2)S(=O)(=O)CC1. The Morgan fingerprint density at radius 2 is 1.87 bits per heavy atom. The Morgan fingerprint density at radius 3 is 2.40 bits per heavy atom. The van der Waals surface area contributed by atoms with E-state index in [0.29, 0.717) is 23.5 Å². The van der Waals surface area contributed by atoms with Gasteiger partial charge >= 0.3 is 0 Å². The van der Waals surface area contributed by atoms with E-state index in [1.165, 1.54) is 0 Å². The predicted molar refractivity (Wildman–Crippen MR) is 61.2 cm³/mol. The fourth-order valence-electron chi connectivity index (χ4n) is 1.86. The van der Waals surface area contributed by atoms with Crippen LogP contribution in [0.1, 0.15) is 18.9 Å². The maximum absolute atomic E-state index is 11.7. The average Bonchev–Trinajstić information content (AvgIpc) is 2.47. The lowest BCUT2D eigenvalue weighted by atomic mass is 10.1. The van der Waals surface area contributed by atoms with E-state index in [2.05, 4.69) is 0 Å². The highest BCUT2D eigenvalue weighted by molar-refractivity contribution is 7.95. The fourth-order valence-corrected chi connectivity index (χ4v) is 3.70. The summed E-state index contributed by atoms with van der Waals surface area (Å²) in [5.74, 6) is 0.293. The first-order chi connectivity index (χ1) is 7.09. The van der Waals surface area contributed by atoms with Gasteiger partial charge in [-0.15, -0.1) is 0 Å². The van der Waals surface area contributed by atoms with Crippen LogP contribution in [0.2, 0.25) is 0 Å². The topological polar surface area (TPSA) is 34.1 Å². The van der Waals surface area contributed by atoms with E-state index in [1.54, 1.807) is 0 Å². The van der Waals surface area contributed by atoms with Crippen molar-refractivity contribution in [2.75, 3.05) is 5.75 Å². The van der Waals surface area contributed by atoms with E-state index in [9.17, 15) is 8.42 Å². The third-order valence-corrected chi connectivity index (χ3v) is 4.79. The monoisotopic (exact) mass is 222 g/mol. The molecule has 1 aliphatic rings. The molecule has 0 bridgehead atoms. The molecule has 0 spiro atoms. The molecule has 0 unspecified atom stereocenters. The first kappa shape index (κ1) is 10.4. The van der Waals surface area contributed by atoms with Crippen LogP contribution in [0.3, 0.4) is 0 Å². The summed E-state index contributed by atoms with van der Waals surface area (Å²) < 4.78 is 23.4. The lowest BCUT2D eigenvalue weighted by Crippen LogP contribution is -2.04. The molecule has 3 heteroatoms. The van der Waals surface area contributed by atoms with Crippen molar-refractivity contribution in [2.24, 2.45) is 0 Å². The van der Waals surface area contributed by atoms with Gasteiger partial charge in [0.25, 0.3) is 0 Å². The Morgan fingerprint density at radius 1 is 1.20 bits per heavy atom. The van der Waals surface area contributed by atoms with E-state index >= 15 is 0 Å². The normalized spacial score (nSPS) is 19.5. The summed E-state index contributed by atoms with van der Waals surface area (Å²) in [6.45, 7) is 1.92. The van der Waals surface area contributed by atoms with Crippen LogP contribution < -0.4 is 0 Å². The summed E-state index contributed by atoms with van der Waals surface area (Å²) in [5.41, 5.74) is 2.09. The van der Waals surface area contributed by atoms with Gasteiger partial charge in [0.2, 0.25) is 0 Å². The molecule has 0 fully saturated rings. The Balaban J connectivity index is 2.30. The predicted octanol–water partition coefficient (Wildman–Crippen LogP) is 2.32. The fraction of sp³-hybridized carbons (Fsp3) is 0.333. The number of hydrogen-bond donors (Lipinski definition) is 0. The van der Waals surface area contributed by atoms with Crippen molar-refractivity contribution in [3.05, 3.63) is 46.4 Å². The molecule has 1 heterocycles. The van der Waals surface area contributed by atoms with Gasteiger partial charge in [-0.25, -0.2) is 8.42 Å². The van der Waals surface area contributed by atoms with E-state index in [0.717, 1.165) is 11.1 Å². The molecule has 1 aromatic rings. The molecular formula is C12H14O2S. The molecule has 0 saturated carbocycles. The molecule has 0 saturated heterocycles. The smallest absolute Gasteiger partial charge is 0.175 e. The Hall–Kier alpha value is -1.09. The molecule has 2 nitrogen and oxygen atoms in total. The highest BCUT2D eigenvalue weighted by atomic mass is 32.2. The molecule has 2 rings (SSSR count). The summed E-state index contributed by atoms with van der Waals surface area (Å²) in [6.07, 6.45) is 1.25. The molecule has 0 amide bonds. The number of hydrogen-bond acceptors (Lipinski definition) is 2. The Labute approximate surface area is 90.6 Å². The first-order valence-corrected chi connectivity index (χ1v) is 6.70. The molecule has 0 aromatic heterocycles. The summed E-state index contributed by atoms with van der Waals surface area (Å²) in [4.78, 5) is 0.633. The average molecular weight is 222 g/mol. The molecule has 1 aliphatic heterocycles. The Kier molecular flexibility index (Phi) is 2.65. The van der Waals surface area contributed by atoms with Crippen molar-refractivity contribution in [3.63, 3.8) is 0 Å². The largest absolute Gasteiger partial charge is 0.224 e. The summed E-state index contributed by atoms with van der Waals surface area (Å²) in [7, 11) is -2.95. The zero-order chi connectivity index (χ0) is 10.9. The zero-order valence-electron chi connectivity index (χ0n) is 8.73. The lowest BCUT2D eigenvalue weighted by molar-refractivity contribution is 0.603. The third kappa shape index (κ3) is 2.12. The molecule has 1 aromatic carbocycles. The molecule has 0 radical (unpaired) electrons. The second kappa shape index (κ2) is 3.81. The maximum atomic E-state index is 11.7. The second-order valence-electron chi connectivity index (χ2n) is 3.93. The second-order valence-corrected chi connectivity index (χ2v) is 6.07. The van der Waals surface area contributed by atoms with Crippen LogP contribution in [-0.4, -0.2) is 14.2 Å². The quantitative estimate of drug-likeness (QED) is 0.769. The van der Waals surface area contributed by atoms with Crippen LogP contribution in [-0.2, 0) is 16.3 Å². The first-order valence-electron chi connectivity index (χ1n) is 5.05. The van der Waals surface area contributed by atoms with Gasteiger partial charge in [0, 0.05) is 11.3 Å². The number of benzene rings is 1. The third-order valence-electron chi connectivity index (χ3n) is 2.80. The van der Waals surface area contributed by atoms with E-state index in [1.807, 2.05) is 37.3 Å². The maximum Gasteiger partial charge on any atom is 0.175 e. The van der Waals surface area contributed by atoms with E-state index in [-0.39, 0.29) is 0 Å². The van der Waals surface area contributed by atoms with Crippen LogP contribution >= 0.6 is 0 Å². The summed E-state index contributed by atoms with van der Waals surface area (Å²) >= 11 is 0. The highest BCUT2D eigenvalue weighted by Gasteiger charge is 2.26. The summed E-state index contributed by atoms with van der Waals surface area (Å²) in [6, 6.07) is 9.75. The molecule has 80 valence electrons. The lowest BCUT2D eigenvalue weighted by Gasteiger charge is -2.04. The van der Waals surface area contributed by atoms with Gasteiger partial charge in [-0.2, -0.15) is 0 Å². The Bertz CT molecular complexity index is 484. The van der Waals surface area contributed by atoms with Gasteiger partial charge in [0.1, 0.15) is 0 Å². The molecule has 15 heavy (non-hydrogen) atoms. The molecule has 0 N–H and O–H groups in total. The van der Waals surface area contributed by atoms with E-state index < -0.39 is 9.84 Å². The number of rotatable bonds is 2. The van der Waals surface area contributed by atoms with Crippen LogP contribution in [0.25, 0.3) is 0 Å².